The molecule has 45 heavy (non-hydrogen) atoms. The smallest absolute Gasteiger partial charge is 0.548 e. The zero-order chi connectivity index (χ0) is 31.6. The Kier molecular flexibility index (Phi) is 14.3. The summed E-state index contributed by atoms with van der Waals surface area (Å²) in [5.41, 5.74) is 7.16. The number of benzene rings is 3. The van der Waals surface area contributed by atoms with E-state index in [2.05, 4.69) is 76.0 Å². The van der Waals surface area contributed by atoms with Gasteiger partial charge < -0.3 is 19.7 Å². The number of anilines is 1. The number of hydrogen-bond acceptors (Lipinski definition) is 6. The van der Waals surface area contributed by atoms with E-state index in [1.807, 2.05) is 29.6 Å². The predicted octanol–water partition coefficient (Wildman–Crippen LogP) is 4.65. The van der Waals surface area contributed by atoms with Crippen molar-refractivity contribution in [3.05, 3.63) is 105 Å². The van der Waals surface area contributed by atoms with Crippen LogP contribution in [0.5, 0.6) is 0 Å². The second-order valence-electron chi connectivity index (χ2n) is 11.9. The number of amides is 1. The molecule has 0 spiro atoms. The summed E-state index contributed by atoms with van der Waals surface area (Å²) in [4.78, 5) is 32.9. The van der Waals surface area contributed by atoms with E-state index in [-0.39, 0.29) is 42.0 Å². The fourth-order valence-electron chi connectivity index (χ4n) is 5.55. The fourth-order valence-corrected chi connectivity index (χ4v) is 6.37. The van der Waals surface area contributed by atoms with E-state index >= 15 is 0 Å². The molecule has 0 aliphatic carbocycles. The minimum absolute atomic E-state index is 0. The molecule has 0 N–H and O–H groups in total. The van der Waals surface area contributed by atoms with Crippen molar-refractivity contribution in [3.8, 4) is 11.3 Å². The Hall–Kier alpha value is -2.97. The van der Waals surface area contributed by atoms with E-state index in [1.54, 1.807) is 12.1 Å². The molecule has 6 nitrogen and oxygen atoms in total. The van der Waals surface area contributed by atoms with Crippen LogP contribution in [0.15, 0.2) is 78.2 Å². The minimum Gasteiger partial charge on any atom is -0.548 e. The number of rotatable bonds is 15. The zero-order valence-corrected chi connectivity index (χ0v) is 30.4. The molecule has 0 saturated heterocycles. The topological polar surface area (TPSA) is 76.6 Å². The largest absolute Gasteiger partial charge is 1.00 e. The monoisotopic (exact) mass is 633 g/mol. The van der Waals surface area contributed by atoms with E-state index in [0.717, 1.165) is 29.1 Å². The van der Waals surface area contributed by atoms with Crippen LogP contribution in [0.4, 0.5) is 5.69 Å². The molecule has 1 heterocycles. The third-order valence-electron chi connectivity index (χ3n) is 8.06. The zero-order valence-electron chi connectivity index (χ0n) is 27.6. The normalized spacial score (nSPS) is 11.0. The molecule has 1 aromatic heterocycles. The number of aromatic nitrogens is 1. The van der Waals surface area contributed by atoms with Crippen molar-refractivity contribution < 1.29 is 44.3 Å². The van der Waals surface area contributed by atoms with E-state index < -0.39 is 12.5 Å². The minimum atomic E-state index is -1.30. The van der Waals surface area contributed by atoms with Crippen LogP contribution in [0.1, 0.15) is 97.3 Å². The second-order valence-corrected chi connectivity index (χ2v) is 12.8. The molecule has 8 heteroatoms. The molecule has 0 aliphatic heterocycles. The Bertz CT molecular complexity index is 1500. The second kappa shape index (κ2) is 17.7. The molecule has 0 atom stereocenters. The number of carboxylic acids is 1. The molecule has 0 saturated carbocycles. The van der Waals surface area contributed by atoms with Gasteiger partial charge in [0.15, 0.2) is 0 Å². The average Bonchev–Trinajstić information content (AvgIpc) is 3.49. The van der Waals surface area contributed by atoms with Crippen molar-refractivity contribution in [3.63, 3.8) is 0 Å². The van der Waals surface area contributed by atoms with Crippen molar-refractivity contribution in [1.29, 1.82) is 0 Å². The van der Waals surface area contributed by atoms with Gasteiger partial charge in [-0.1, -0.05) is 89.1 Å². The number of hydrogen-bond donors (Lipinski definition) is 0. The van der Waals surface area contributed by atoms with Gasteiger partial charge in [0, 0.05) is 35.8 Å². The van der Waals surface area contributed by atoms with Gasteiger partial charge in [-0.3, -0.25) is 4.79 Å². The molecule has 0 bridgehead atoms. The third-order valence-corrected chi connectivity index (χ3v) is 8.89. The van der Waals surface area contributed by atoms with Gasteiger partial charge in [0.2, 0.25) is 0 Å². The standard InChI is InChI=1S/C37H45N3O3S.Na/c1-6-8-29(9-7-2)30-12-10-27(11-13-30)22-39(5)33-20-18-31(19-21-33)34-25-44-35(38-34)23-40(24-36(41)42)37(43)32-16-14-28(15-17-32)26(3)4;/h10-21,25-26,29H,6-9,22-24H2,1-5H3,(H,41,42);/q;+1/p-1. The Morgan fingerprint density at radius 3 is 2.00 bits per heavy atom. The SMILES string of the molecule is CCCC(CCC)c1ccc(CN(C)c2ccc(-c3csc(CN(CC(=O)[O-])C(=O)c4ccc(C(C)C)cc4)n3)cc2)cc1.[Na+]. The van der Waals surface area contributed by atoms with Gasteiger partial charge in [0.25, 0.3) is 5.91 Å². The number of aliphatic carboxylic acids is 1. The Balaban J connectivity index is 0.00000552. The number of carbonyl (C=O) groups is 2. The molecule has 1 amide bonds. The summed E-state index contributed by atoms with van der Waals surface area (Å²) >= 11 is 1.41. The summed E-state index contributed by atoms with van der Waals surface area (Å²) < 4.78 is 0. The average molecular weight is 634 g/mol. The van der Waals surface area contributed by atoms with Crippen LogP contribution in [-0.2, 0) is 17.9 Å². The predicted molar refractivity (Wildman–Crippen MR) is 179 cm³/mol. The van der Waals surface area contributed by atoms with Gasteiger partial charge in [-0.15, -0.1) is 11.3 Å². The number of carbonyl (C=O) groups excluding carboxylic acids is 2. The number of nitrogens with zero attached hydrogens (tertiary/aromatic N) is 3. The van der Waals surface area contributed by atoms with Gasteiger partial charge in [-0.2, -0.15) is 0 Å². The Morgan fingerprint density at radius 1 is 0.844 bits per heavy atom. The molecule has 0 fully saturated rings. The first kappa shape index (κ1) is 36.5. The maximum absolute atomic E-state index is 13.2. The maximum atomic E-state index is 13.2. The van der Waals surface area contributed by atoms with Crippen LogP contribution in [-0.4, -0.2) is 35.4 Å². The molecular weight excluding hydrogens is 589 g/mol. The van der Waals surface area contributed by atoms with Crippen molar-refractivity contribution in [2.75, 3.05) is 18.5 Å². The van der Waals surface area contributed by atoms with Crippen LogP contribution in [0, 0.1) is 0 Å². The first-order valence-corrected chi connectivity index (χ1v) is 16.5. The van der Waals surface area contributed by atoms with Gasteiger partial charge in [0.1, 0.15) is 5.01 Å². The van der Waals surface area contributed by atoms with Crippen LogP contribution in [0.25, 0.3) is 11.3 Å². The van der Waals surface area contributed by atoms with Gasteiger partial charge in [0.05, 0.1) is 24.8 Å². The van der Waals surface area contributed by atoms with Crippen molar-refractivity contribution in [2.45, 2.75) is 78.3 Å². The summed E-state index contributed by atoms with van der Waals surface area (Å²) in [7, 11) is 2.10. The van der Waals surface area contributed by atoms with Gasteiger partial charge >= 0.3 is 29.6 Å². The fraction of sp³-hybridized carbons (Fsp3) is 0.378. The quantitative estimate of drug-likeness (QED) is 0.178. The summed E-state index contributed by atoms with van der Waals surface area (Å²) in [6.07, 6.45) is 4.90. The van der Waals surface area contributed by atoms with Crippen LogP contribution in [0.2, 0.25) is 0 Å². The third kappa shape index (κ3) is 10.3. The van der Waals surface area contributed by atoms with E-state index in [0.29, 0.717) is 22.4 Å². The molecule has 0 aliphatic rings. The van der Waals surface area contributed by atoms with Crippen LogP contribution >= 0.6 is 11.3 Å². The Labute approximate surface area is 294 Å². The molecule has 3 aromatic carbocycles. The van der Waals surface area contributed by atoms with Crippen LogP contribution in [0.3, 0.4) is 0 Å². The first-order chi connectivity index (χ1) is 21.2. The van der Waals surface area contributed by atoms with E-state index in [4.69, 9.17) is 4.98 Å². The summed E-state index contributed by atoms with van der Waals surface area (Å²) in [5, 5.41) is 14.1. The molecule has 4 aromatic rings. The van der Waals surface area contributed by atoms with Crippen LogP contribution < -0.4 is 39.6 Å². The summed E-state index contributed by atoms with van der Waals surface area (Å²) in [5.74, 6) is -0.671. The first-order valence-electron chi connectivity index (χ1n) is 15.6. The molecule has 4 rings (SSSR count). The summed E-state index contributed by atoms with van der Waals surface area (Å²) in [6.45, 7) is 9.10. The van der Waals surface area contributed by atoms with E-state index in [1.165, 1.54) is 53.0 Å². The maximum Gasteiger partial charge on any atom is 1.00 e. The van der Waals surface area contributed by atoms with E-state index in [9.17, 15) is 14.7 Å². The molecular formula is C37H44N3NaO3S. The number of carboxylic acid groups (broad SMARTS) is 1. The Morgan fingerprint density at radius 2 is 1.44 bits per heavy atom. The molecule has 232 valence electrons. The summed E-state index contributed by atoms with van der Waals surface area (Å²) in [6, 6.07) is 24.7. The van der Waals surface area contributed by atoms with Crippen molar-refractivity contribution in [1.82, 2.24) is 9.88 Å². The molecule has 0 unspecified atom stereocenters. The number of thiazole rings is 1. The van der Waals surface area contributed by atoms with Crippen molar-refractivity contribution >= 4 is 28.9 Å². The van der Waals surface area contributed by atoms with Gasteiger partial charge in [-0.25, -0.2) is 4.98 Å². The molecule has 0 radical (unpaired) electrons. The van der Waals surface area contributed by atoms with Gasteiger partial charge in [-0.05, 0) is 65.6 Å². The van der Waals surface area contributed by atoms with Crippen molar-refractivity contribution in [2.24, 2.45) is 0 Å².